The van der Waals surface area contributed by atoms with E-state index >= 15 is 0 Å². The lowest BCUT2D eigenvalue weighted by Gasteiger charge is -2.40. The van der Waals surface area contributed by atoms with Crippen molar-refractivity contribution in [2.24, 2.45) is 16.3 Å². The van der Waals surface area contributed by atoms with Crippen LogP contribution in [0.4, 0.5) is 0 Å². The Kier molecular flexibility index (Phi) is 5.56. The number of carbonyl (C=O) groups excluding carboxylic acids is 1. The lowest BCUT2D eigenvalue weighted by atomic mass is 9.77. The molecule has 0 radical (unpaired) electrons. The normalized spacial score (nSPS) is 19.5. The first-order chi connectivity index (χ1) is 8.99. The van der Waals surface area contributed by atoms with Crippen molar-refractivity contribution in [1.82, 2.24) is 4.90 Å². The third-order valence-electron chi connectivity index (χ3n) is 3.58. The first kappa shape index (κ1) is 15.7. The van der Waals surface area contributed by atoms with E-state index in [9.17, 15) is 4.79 Å². The number of rotatable bonds is 5. The van der Waals surface area contributed by atoms with Gasteiger partial charge in [-0.1, -0.05) is 5.16 Å². The molecule has 19 heavy (non-hydrogen) atoms. The van der Waals surface area contributed by atoms with Gasteiger partial charge in [0, 0.05) is 25.8 Å². The Morgan fingerprint density at radius 2 is 2.05 bits per heavy atom. The number of amides is 1. The quantitative estimate of drug-likeness (QED) is 0.277. The van der Waals surface area contributed by atoms with Gasteiger partial charge in [0.1, 0.15) is 5.41 Å². The van der Waals surface area contributed by atoms with E-state index in [-0.39, 0.29) is 30.9 Å². The van der Waals surface area contributed by atoms with Gasteiger partial charge in [-0.25, -0.2) is 0 Å². The Morgan fingerprint density at radius 1 is 1.47 bits per heavy atom. The number of aliphatic hydroxyl groups excluding tert-OH is 1. The Morgan fingerprint density at radius 3 is 2.47 bits per heavy atom. The number of carbonyl (C=O) groups is 1. The maximum absolute atomic E-state index is 12.7. The van der Waals surface area contributed by atoms with Crippen LogP contribution >= 0.6 is 0 Å². The fourth-order valence-corrected chi connectivity index (χ4v) is 2.37. The van der Waals surface area contributed by atoms with E-state index in [1.165, 1.54) is 0 Å². The minimum atomic E-state index is -1.02. The summed E-state index contributed by atoms with van der Waals surface area (Å²) in [6.07, 6.45) is 0.771. The topological polar surface area (TPSA) is 108 Å². The van der Waals surface area contributed by atoms with Crippen LogP contribution in [0.25, 0.3) is 0 Å². The highest BCUT2D eigenvalue weighted by atomic mass is 16.5. The number of oxime groups is 1. The zero-order valence-electron chi connectivity index (χ0n) is 11.5. The molecular weight excluding hydrogens is 250 g/mol. The van der Waals surface area contributed by atoms with E-state index in [2.05, 4.69) is 5.16 Å². The number of aliphatic hydroxyl groups is 1. The van der Waals surface area contributed by atoms with Gasteiger partial charge in [0.15, 0.2) is 5.84 Å². The first-order valence-electron chi connectivity index (χ1n) is 6.47. The van der Waals surface area contributed by atoms with Crippen molar-refractivity contribution >= 4 is 11.7 Å². The average Bonchev–Trinajstić information content (AvgIpc) is 2.43. The van der Waals surface area contributed by atoms with Crippen LogP contribution in [-0.2, 0) is 9.53 Å². The summed E-state index contributed by atoms with van der Waals surface area (Å²) in [7, 11) is 0. The molecule has 0 aromatic carbocycles. The average molecular weight is 273 g/mol. The molecule has 1 aliphatic rings. The zero-order chi connectivity index (χ0) is 14.5. The second kappa shape index (κ2) is 6.72. The molecule has 0 unspecified atom stereocenters. The minimum Gasteiger partial charge on any atom is -0.409 e. The van der Waals surface area contributed by atoms with E-state index in [0.717, 1.165) is 0 Å². The van der Waals surface area contributed by atoms with Crippen molar-refractivity contribution in [2.75, 3.05) is 26.4 Å². The number of nitrogens with zero attached hydrogens (tertiary/aromatic N) is 2. The molecule has 1 rings (SSSR count). The highest BCUT2D eigenvalue weighted by Gasteiger charge is 2.47. The Bertz CT molecular complexity index is 338. The van der Waals surface area contributed by atoms with Gasteiger partial charge >= 0.3 is 0 Å². The summed E-state index contributed by atoms with van der Waals surface area (Å²) >= 11 is 0. The maximum atomic E-state index is 12.7. The van der Waals surface area contributed by atoms with E-state index in [1.54, 1.807) is 4.90 Å². The van der Waals surface area contributed by atoms with Crippen LogP contribution in [0.1, 0.15) is 26.7 Å². The van der Waals surface area contributed by atoms with Crippen molar-refractivity contribution in [1.29, 1.82) is 0 Å². The summed E-state index contributed by atoms with van der Waals surface area (Å²) in [5.74, 6) is -0.292. The number of hydrogen-bond acceptors (Lipinski definition) is 5. The molecular formula is C12H23N3O4. The fraction of sp³-hybridized carbons (Fsp3) is 0.833. The molecule has 0 aromatic rings. The van der Waals surface area contributed by atoms with Crippen LogP contribution in [0.3, 0.4) is 0 Å². The predicted octanol–water partition coefficient (Wildman–Crippen LogP) is -0.241. The van der Waals surface area contributed by atoms with Gasteiger partial charge < -0.3 is 25.7 Å². The summed E-state index contributed by atoms with van der Waals surface area (Å²) in [5, 5.41) is 21.1. The summed E-state index contributed by atoms with van der Waals surface area (Å²) in [5.41, 5.74) is 4.73. The summed E-state index contributed by atoms with van der Waals surface area (Å²) in [6, 6.07) is -0.0640. The SMILES string of the molecule is CC(C)N(CCO)C(=O)C1(C(N)=NO)CCOCC1. The van der Waals surface area contributed by atoms with Crippen LogP contribution in [0.5, 0.6) is 0 Å². The van der Waals surface area contributed by atoms with Crippen molar-refractivity contribution in [3.05, 3.63) is 0 Å². The summed E-state index contributed by atoms with van der Waals surface area (Å²) in [4.78, 5) is 14.3. The largest absolute Gasteiger partial charge is 0.409 e. The van der Waals surface area contributed by atoms with E-state index in [0.29, 0.717) is 26.1 Å². The monoisotopic (exact) mass is 273 g/mol. The lowest BCUT2D eigenvalue weighted by molar-refractivity contribution is -0.145. The maximum Gasteiger partial charge on any atom is 0.237 e. The van der Waals surface area contributed by atoms with E-state index < -0.39 is 5.41 Å². The molecule has 7 heteroatoms. The van der Waals surface area contributed by atoms with Gasteiger partial charge in [-0.3, -0.25) is 4.79 Å². The molecule has 1 amide bonds. The van der Waals surface area contributed by atoms with Crippen molar-refractivity contribution in [3.63, 3.8) is 0 Å². The number of hydrogen-bond donors (Lipinski definition) is 3. The van der Waals surface area contributed by atoms with Crippen LogP contribution < -0.4 is 5.73 Å². The predicted molar refractivity (Wildman–Crippen MR) is 69.8 cm³/mol. The van der Waals surface area contributed by atoms with Crippen LogP contribution in [0.2, 0.25) is 0 Å². The Hall–Kier alpha value is -1.34. The highest BCUT2D eigenvalue weighted by Crippen LogP contribution is 2.33. The van der Waals surface area contributed by atoms with Gasteiger partial charge in [-0.2, -0.15) is 0 Å². The Labute approximate surface area is 113 Å². The standard InChI is InChI=1S/C12H23N3O4/c1-9(2)15(5-6-16)11(17)12(10(13)14-18)3-7-19-8-4-12/h9,16,18H,3-8H2,1-2H3,(H2,13,14). The molecule has 0 aromatic heterocycles. The second-order valence-corrected chi connectivity index (χ2v) is 5.00. The molecule has 0 atom stereocenters. The van der Waals surface area contributed by atoms with Crippen molar-refractivity contribution in [2.45, 2.75) is 32.7 Å². The number of ether oxygens (including phenoxy) is 1. The van der Waals surface area contributed by atoms with Crippen LogP contribution in [0, 0.1) is 5.41 Å². The first-order valence-corrected chi connectivity index (χ1v) is 6.47. The molecule has 1 aliphatic heterocycles. The second-order valence-electron chi connectivity index (χ2n) is 5.00. The van der Waals surface area contributed by atoms with Gasteiger partial charge in [-0.05, 0) is 26.7 Å². The van der Waals surface area contributed by atoms with Crippen LogP contribution in [0.15, 0.2) is 5.16 Å². The smallest absolute Gasteiger partial charge is 0.237 e. The Balaban J connectivity index is 3.06. The zero-order valence-corrected chi connectivity index (χ0v) is 11.5. The van der Waals surface area contributed by atoms with Crippen LogP contribution in [-0.4, -0.2) is 59.4 Å². The minimum absolute atomic E-state index is 0.0640. The summed E-state index contributed by atoms with van der Waals surface area (Å²) < 4.78 is 5.26. The summed E-state index contributed by atoms with van der Waals surface area (Å²) in [6.45, 7) is 4.64. The van der Waals surface area contributed by atoms with Gasteiger partial charge in [0.25, 0.3) is 0 Å². The van der Waals surface area contributed by atoms with Crippen molar-refractivity contribution in [3.8, 4) is 0 Å². The molecule has 0 saturated carbocycles. The third kappa shape index (κ3) is 3.16. The van der Waals surface area contributed by atoms with E-state index in [4.69, 9.17) is 20.8 Å². The molecule has 7 nitrogen and oxygen atoms in total. The molecule has 1 heterocycles. The number of nitrogens with two attached hydrogens (primary N) is 1. The highest BCUT2D eigenvalue weighted by molar-refractivity contribution is 6.06. The lowest BCUT2D eigenvalue weighted by Crippen LogP contribution is -2.56. The molecule has 1 saturated heterocycles. The van der Waals surface area contributed by atoms with E-state index in [1.807, 2.05) is 13.8 Å². The molecule has 0 aliphatic carbocycles. The number of amidine groups is 1. The van der Waals surface area contributed by atoms with Gasteiger partial charge in [0.2, 0.25) is 5.91 Å². The van der Waals surface area contributed by atoms with Gasteiger partial charge in [0.05, 0.1) is 6.61 Å². The molecule has 0 bridgehead atoms. The third-order valence-corrected chi connectivity index (χ3v) is 3.58. The molecule has 1 fully saturated rings. The fourth-order valence-electron chi connectivity index (χ4n) is 2.37. The van der Waals surface area contributed by atoms with Gasteiger partial charge in [-0.15, -0.1) is 0 Å². The van der Waals surface area contributed by atoms with Crippen molar-refractivity contribution < 1.29 is 19.8 Å². The molecule has 0 spiro atoms. The molecule has 4 N–H and O–H groups in total. The molecule has 110 valence electrons.